The topological polar surface area (TPSA) is 12.0 Å². The zero-order valence-corrected chi connectivity index (χ0v) is 12.6. The minimum Gasteiger partial charge on any atom is -0.380 e. The summed E-state index contributed by atoms with van der Waals surface area (Å²) in [7, 11) is 0. The summed E-state index contributed by atoms with van der Waals surface area (Å²) in [5, 5.41) is 3.51. The molecule has 0 aromatic heterocycles. The molecule has 1 N–H and O–H groups in total. The number of rotatable bonds is 3. The van der Waals surface area contributed by atoms with E-state index in [1.807, 2.05) is 0 Å². The smallest absolute Gasteiger partial charge is 0.0517 e. The van der Waals surface area contributed by atoms with E-state index < -0.39 is 0 Å². The molecule has 0 unspecified atom stereocenters. The van der Waals surface area contributed by atoms with E-state index in [-0.39, 0.29) is 0 Å². The first-order valence-electron chi connectivity index (χ1n) is 6.12. The van der Waals surface area contributed by atoms with E-state index in [1.54, 1.807) is 0 Å². The summed E-state index contributed by atoms with van der Waals surface area (Å²) < 4.78 is 1.13. The van der Waals surface area contributed by atoms with Gasteiger partial charge in [-0.25, -0.2) is 0 Å². The standard InChI is InChI=1S/C16H18BrN/c1-11-5-4-6-14(8-11)10-18-16-13(3)7-12(2)9-15(16)17/h4-9,18H,10H2,1-3H3. The number of benzene rings is 2. The molecule has 2 aromatic rings. The van der Waals surface area contributed by atoms with Gasteiger partial charge in [0.1, 0.15) is 0 Å². The molecule has 2 aromatic carbocycles. The van der Waals surface area contributed by atoms with Crippen LogP contribution in [0.25, 0.3) is 0 Å². The van der Waals surface area contributed by atoms with Gasteiger partial charge in [0.05, 0.1) is 5.69 Å². The van der Waals surface area contributed by atoms with Gasteiger partial charge in [-0.2, -0.15) is 0 Å². The van der Waals surface area contributed by atoms with Crippen LogP contribution in [0.15, 0.2) is 40.9 Å². The molecule has 0 saturated carbocycles. The lowest BCUT2D eigenvalue weighted by molar-refractivity contribution is 1.13. The first-order chi connectivity index (χ1) is 8.56. The fourth-order valence-corrected chi connectivity index (χ4v) is 2.97. The van der Waals surface area contributed by atoms with Crippen molar-refractivity contribution < 1.29 is 0 Å². The Morgan fingerprint density at radius 2 is 1.78 bits per heavy atom. The molecule has 94 valence electrons. The third-order valence-corrected chi connectivity index (χ3v) is 3.61. The first kappa shape index (κ1) is 13.2. The van der Waals surface area contributed by atoms with Gasteiger partial charge in [0, 0.05) is 11.0 Å². The molecule has 0 atom stereocenters. The molecular formula is C16H18BrN. The Labute approximate surface area is 117 Å². The van der Waals surface area contributed by atoms with Crippen molar-refractivity contribution in [2.45, 2.75) is 27.3 Å². The maximum absolute atomic E-state index is 3.62. The summed E-state index contributed by atoms with van der Waals surface area (Å²) in [6, 6.07) is 12.9. The van der Waals surface area contributed by atoms with Crippen molar-refractivity contribution >= 4 is 21.6 Å². The number of hydrogen-bond donors (Lipinski definition) is 1. The van der Waals surface area contributed by atoms with Crippen LogP contribution in [0.4, 0.5) is 5.69 Å². The lowest BCUT2D eigenvalue weighted by Crippen LogP contribution is -2.02. The number of anilines is 1. The summed E-state index contributed by atoms with van der Waals surface area (Å²) in [6.45, 7) is 7.22. The summed E-state index contributed by atoms with van der Waals surface area (Å²) in [5.74, 6) is 0. The average molecular weight is 304 g/mol. The van der Waals surface area contributed by atoms with Crippen LogP contribution in [0.1, 0.15) is 22.3 Å². The van der Waals surface area contributed by atoms with Crippen molar-refractivity contribution in [1.82, 2.24) is 0 Å². The zero-order valence-electron chi connectivity index (χ0n) is 11.0. The maximum Gasteiger partial charge on any atom is 0.0517 e. The van der Waals surface area contributed by atoms with Gasteiger partial charge in [-0.3, -0.25) is 0 Å². The molecule has 0 aliphatic heterocycles. The SMILES string of the molecule is Cc1cccc(CNc2c(C)cc(C)cc2Br)c1. The second-order valence-electron chi connectivity index (χ2n) is 4.78. The Kier molecular flexibility index (Phi) is 4.07. The van der Waals surface area contributed by atoms with Gasteiger partial charge in [0.15, 0.2) is 0 Å². The van der Waals surface area contributed by atoms with Crippen molar-refractivity contribution in [3.63, 3.8) is 0 Å². The minimum absolute atomic E-state index is 0.851. The predicted octanol–water partition coefficient (Wildman–Crippen LogP) is 4.99. The van der Waals surface area contributed by atoms with Crippen LogP contribution in [0.3, 0.4) is 0 Å². The van der Waals surface area contributed by atoms with E-state index in [0.29, 0.717) is 0 Å². The fraction of sp³-hybridized carbons (Fsp3) is 0.250. The first-order valence-corrected chi connectivity index (χ1v) is 6.92. The molecule has 18 heavy (non-hydrogen) atoms. The minimum atomic E-state index is 0.851. The molecule has 0 radical (unpaired) electrons. The Morgan fingerprint density at radius 3 is 2.44 bits per heavy atom. The van der Waals surface area contributed by atoms with Crippen LogP contribution in [0.2, 0.25) is 0 Å². The van der Waals surface area contributed by atoms with Gasteiger partial charge in [0.25, 0.3) is 0 Å². The summed E-state index contributed by atoms with van der Waals surface area (Å²) in [4.78, 5) is 0. The molecule has 0 fully saturated rings. The van der Waals surface area contributed by atoms with Gasteiger partial charge in [-0.15, -0.1) is 0 Å². The van der Waals surface area contributed by atoms with Gasteiger partial charge in [0.2, 0.25) is 0 Å². The number of nitrogens with one attached hydrogen (secondary N) is 1. The van der Waals surface area contributed by atoms with Crippen molar-refractivity contribution in [2.75, 3.05) is 5.32 Å². The Morgan fingerprint density at radius 1 is 1.00 bits per heavy atom. The van der Waals surface area contributed by atoms with Crippen molar-refractivity contribution in [1.29, 1.82) is 0 Å². The average Bonchev–Trinajstić information content (AvgIpc) is 2.27. The third kappa shape index (κ3) is 3.14. The van der Waals surface area contributed by atoms with Crippen LogP contribution in [-0.4, -0.2) is 0 Å². The highest BCUT2D eigenvalue weighted by molar-refractivity contribution is 9.10. The highest BCUT2D eigenvalue weighted by Gasteiger charge is 2.04. The van der Waals surface area contributed by atoms with Gasteiger partial charge in [-0.1, -0.05) is 35.9 Å². The number of halogens is 1. The molecule has 0 bridgehead atoms. The quantitative estimate of drug-likeness (QED) is 0.842. The molecule has 0 heterocycles. The van der Waals surface area contributed by atoms with Crippen LogP contribution in [0, 0.1) is 20.8 Å². The summed E-state index contributed by atoms with van der Waals surface area (Å²) >= 11 is 3.62. The number of aryl methyl sites for hydroxylation is 3. The van der Waals surface area contributed by atoms with Crippen molar-refractivity contribution in [3.8, 4) is 0 Å². The molecule has 2 rings (SSSR count). The second-order valence-corrected chi connectivity index (χ2v) is 5.64. The molecule has 0 saturated heterocycles. The van der Waals surface area contributed by atoms with Gasteiger partial charge < -0.3 is 5.32 Å². The van der Waals surface area contributed by atoms with Crippen LogP contribution >= 0.6 is 15.9 Å². The van der Waals surface area contributed by atoms with E-state index in [2.05, 4.69) is 78.4 Å². The van der Waals surface area contributed by atoms with E-state index >= 15 is 0 Å². The fourth-order valence-electron chi connectivity index (χ4n) is 2.15. The summed E-state index contributed by atoms with van der Waals surface area (Å²) in [6.07, 6.45) is 0. The van der Waals surface area contributed by atoms with Gasteiger partial charge >= 0.3 is 0 Å². The number of hydrogen-bond acceptors (Lipinski definition) is 1. The van der Waals surface area contributed by atoms with Crippen LogP contribution in [-0.2, 0) is 6.54 Å². The predicted molar refractivity (Wildman–Crippen MR) is 82.1 cm³/mol. The van der Waals surface area contributed by atoms with E-state index in [4.69, 9.17) is 0 Å². The van der Waals surface area contributed by atoms with E-state index in [1.165, 1.54) is 27.9 Å². The molecule has 1 nitrogen and oxygen atoms in total. The molecule has 0 amide bonds. The van der Waals surface area contributed by atoms with Gasteiger partial charge in [-0.05, 0) is 59.5 Å². The zero-order chi connectivity index (χ0) is 13.1. The molecule has 0 aliphatic carbocycles. The largest absolute Gasteiger partial charge is 0.380 e. The third-order valence-electron chi connectivity index (χ3n) is 2.98. The lowest BCUT2D eigenvalue weighted by atomic mass is 10.1. The molecule has 0 spiro atoms. The molecular weight excluding hydrogens is 286 g/mol. The lowest BCUT2D eigenvalue weighted by Gasteiger charge is -2.13. The Hall–Kier alpha value is -1.28. The Balaban J connectivity index is 2.16. The van der Waals surface area contributed by atoms with Crippen molar-refractivity contribution in [3.05, 3.63) is 63.1 Å². The van der Waals surface area contributed by atoms with Crippen molar-refractivity contribution in [2.24, 2.45) is 0 Å². The Bertz CT molecular complexity index is 538. The van der Waals surface area contributed by atoms with E-state index in [0.717, 1.165) is 11.0 Å². The normalized spacial score (nSPS) is 10.4. The molecule has 0 aliphatic rings. The van der Waals surface area contributed by atoms with Crippen LogP contribution in [0.5, 0.6) is 0 Å². The van der Waals surface area contributed by atoms with E-state index in [9.17, 15) is 0 Å². The molecule has 2 heteroatoms. The second kappa shape index (κ2) is 5.57. The highest BCUT2D eigenvalue weighted by atomic mass is 79.9. The highest BCUT2D eigenvalue weighted by Crippen LogP contribution is 2.28. The van der Waals surface area contributed by atoms with Crippen LogP contribution < -0.4 is 5.32 Å². The monoisotopic (exact) mass is 303 g/mol. The maximum atomic E-state index is 3.62. The summed E-state index contributed by atoms with van der Waals surface area (Å²) in [5.41, 5.74) is 6.34.